The molecule has 0 saturated heterocycles. The van der Waals surface area contributed by atoms with Crippen LogP contribution in [0.4, 0.5) is 0 Å². The van der Waals surface area contributed by atoms with Crippen molar-refractivity contribution in [3.8, 4) is 10.6 Å². The van der Waals surface area contributed by atoms with Crippen LogP contribution >= 0.6 is 11.3 Å². The van der Waals surface area contributed by atoms with Crippen LogP contribution < -0.4 is 5.56 Å². The molecule has 3 heterocycles. The maximum absolute atomic E-state index is 13.3. The quantitative estimate of drug-likeness (QED) is 0.473. The van der Waals surface area contributed by atoms with E-state index in [1.54, 1.807) is 25.9 Å². The molecule has 0 N–H and O–H groups in total. The molecule has 4 aromatic rings. The summed E-state index contributed by atoms with van der Waals surface area (Å²) in [6, 6.07) is 9.47. The zero-order chi connectivity index (χ0) is 22.4. The van der Waals surface area contributed by atoms with Gasteiger partial charge in [0.25, 0.3) is 11.5 Å². The van der Waals surface area contributed by atoms with Gasteiger partial charge in [-0.3, -0.25) is 9.59 Å². The second kappa shape index (κ2) is 7.77. The van der Waals surface area contributed by atoms with Crippen molar-refractivity contribution in [2.75, 3.05) is 7.05 Å². The van der Waals surface area contributed by atoms with Gasteiger partial charge in [-0.15, -0.1) is 11.3 Å². The van der Waals surface area contributed by atoms with E-state index in [4.69, 9.17) is 4.42 Å². The first-order valence-electron chi connectivity index (χ1n) is 9.97. The van der Waals surface area contributed by atoms with E-state index in [9.17, 15) is 9.59 Å². The Kier molecular flexibility index (Phi) is 5.26. The minimum atomic E-state index is -0.261. The number of rotatable bonds is 4. The molecule has 160 valence electrons. The largest absolute Gasteiger partial charge is 0.459 e. The van der Waals surface area contributed by atoms with Gasteiger partial charge in [-0.05, 0) is 45.4 Å². The third-order valence-electron chi connectivity index (χ3n) is 5.69. The fraction of sp³-hybridized carbons (Fsp3) is 0.304. The van der Waals surface area contributed by atoms with Crippen molar-refractivity contribution < 1.29 is 9.21 Å². The first-order valence-corrected chi connectivity index (χ1v) is 10.8. The maximum atomic E-state index is 13.3. The standard InChI is InChI=1S/C23H24N4O3S/c1-12-13(2)25-27(6)22(28)19(12)21-24-14(3)20(31-21)23(29)26(5)15(4)18-11-16-9-7-8-10-17(16)30-18/h7-11,15H,1-6H3. The average Bonchev–Trinajstić information content (AvgIpc) is 3.34. The van der Waals surface area contributed by atoms with Crippen LogP contribution in [0.3, 0.4) is 0 Å². The van der Waals surface area contributed by atoms with Crippen LogP contribution in [0.25, 0.3) is 21.5 Å². The normalized spacial score (nSPS) is 12.3. The number of nitrogens with zero attached hydrogens (tertiary/aromatic N) is 4. The highest BCUT2D eigenvalue weighted by Crippen LogP contribution is 2.32. The lowest BCUT2D eigenvalue weighted by molar-refractivity contribution is 0.0731. The zero-order valence-electron chi connectivity index (χ0n) is 18.4. The number of carbonyl (C=O) groups excluding carboxylic acids is 1. The molecule has 0 aliphatic carbocycles. The van der Waals surface area contributed by atoms with Crippen LogP contribution in [0.2, 0.25) is 0 Å². The molecule has 31 heavy (non-hydrogen) atoms. The Balaban J connectivity index is 1.68. The summed E-state index contributed by atoms with van der Waals surface area (Å²) in [6.07, 6.45) is 0. The van der Waals surface area contributed by atoms with Crippen LogP contribution in [-0.2, 0) is 7.05 Å². The Morgan fingerprint density at radius 3 is 2.61 bits per heavy atom. The zero-order valence-corrected chi connectivity index (χ0v) is 19.2. The molecule has 7 nitrogen and oxygen atoms in total. The third kappa shape index (κ3) is 3.57. The van der Waals surface area contributed by atoms with Gasteiger partial charge in [0.05, 0.1) is 23.0 Å². The topological polar surface area (TPSA) is 81.2 Å². The number of aromatic nitrogens is 3. The van der Waals surface area contributed by atoms with Crippen LogP contribution in [-0.4, -0.2) is 32.6 Å². The fourth-order valence-electron chi connectivity index (χ4n) is 3.54. The summed E-state index contributed by atoms with van der Waals surface area (Å²) in [6.45, 7) is 7.43. The highest BCUT2D eigenvalue weighted by Gasteiger charge is 2.27. The second-order valence-corrected chi connectivity index (χ2v) is 8.73. The summed E-state index contributed by atoms with van der Waals surface area (Å²) in [5.74, 6) is 0.559. The number of thiazole rings is 1. The van der Waals surface area contributed by atoms with Crippen molar-refractivity contribution >= 4 is 28.2 Å². The Bertz CT molecular complexity index is 1330. The number of carbonyl (C=O) groups is 1. The molecule has 0 aliphatic rings. The summed E-state index contributed by atoms with van der Waals surface area (Å²) >= 11 is 1.24. The van der Waals surface area contributed by atoms with Gasteiger partial charge in [0, 0.05) is 19.5 Å². The van der Waals surface area contributed by atoms with E-state index in [-0.39, 0.29) is 17.5 Å². The van der Waals surface area contributed by atoms with Crippen LogP contribution in [0.5, 0.6) is 0 Å². The molecule has 1 unspecified atom stereocenters. The number of amides is 1. The summed E-state index contributed by atoms with van der Waals surface area (Å²) in [5.41, 5.74) is 3.20. The van der Waals surface area contributed by atoms with Gasteiger partial charge in [-0.1, -0.05) is 18.2 Å². The van der Waals surface area contributed by atoms with E-state index in [0.717, 1.165) is 22.2 Å². The molecule has 0 bridgehead atoms. The van der Waals surface area contributed by atoms with E-state index in [1.165, 1.54) is 16.0 Å². The molecule has 4 rings (SSSR count). The molecule has 1 atom stereocenters. The van der Waals surface area contributed by atoms with Gasteiger partial charge < -0.3 is 9.32 Å². The number of para-hydroxylation sites is 1. The van der Waals surface area contributed by atoms with E-state index in [0.29, 0.717) is 26.9 Å². The molecule has 3 aromatic heterocycles. The molecule has 0 saturated carbocycles. The Morgan fingerprint density at radius 1 is 1.19 bits per heavy atom. The first kappa shape index (κ1) is 21.0. The predicted octanol–water partition coefficient (Wildman–Crippen LogP) is 4.41. The van der Waals surface area contributed by atoms with E-state index < -0.39 is 0 Å². The monoisotopic (exact) mass is 436 g/mol. The average molecular weight is 437 g/mol. The van der Waals surface area contributed by atoms with Gasteiger partial charge in [-0.2, -0.15) is 5.10 Å². The van der Waals surface area contributed by atoms with Gasteiger partial charge >= 0.3 is 0 Å². The van der Waals surface area contributed by atoms with Crippen LogP contribution in [0.1, 0.15) is 45.3 Å². The van der Waals surface area contributed by atoms with Gasteiger partial charge in [0.1, 0.15) is 21.2 Å². The fourth-order valence-corrected chi connectivity index (χ4v) is 4.68. The lowest BCUT2D eigenvalue weighted by atomic mass is 10.1. The van der Waals surface area contributed by atoms with Crippen molar-refractivity contribution in [2.45, 2.75) is 33.7 Å². The summed E-state index contributed by atoms with van der Waals surface area (Å²) in [5, 5.41) is 5.76. The molecule has 8 heteroatoms. The van der Waals surface area contributed by atoms with E-state index >= 15 is 0 Å². The van der Waals surface area contributed by atoms with Crippen molar-refractivity contribution in [1.29, 1.82) is 0 Å². The van der Waals surface area contributed by atoms with E-state index in [2.05, 4.69) is 10.1 Å². The van der Waals surface area contributed by atoms with Gasteiger partial charge in [0.2, 0.25) is 0 Å². The molecule has 0 spiro atoms. The SMILES string of the molecule is Cc1nc(-c2c(C)c(C)nn(C)c2=O)sc1C(=O)N(C)C(C)c1cc2ccccc2o1. The minimum Gasteiger partial charge on any atom is -0.459 e. The molecule has 1 amide bonds. The molecular weight excluding hydrogens is 412 g/mol. The Morgan fingerprint density at radius 2 is 1.90 bits per heavy atom. The van der Waals surface area contributed by atoms with Gasteiger partial charge in [0.15, 0.2) is 0 Å². The minimum absolute atomic E-state index is 0.158. The number of furan rings is 1. The van der Waals surface area contributed by atoms with Crippen LogP contribution in [0.15, 0.2) is 39.5 Å². The van der Waals surface area contributed by atoms with Crippen molar-refractivity contribution in [3.63, 3.8) is 0 Å². The summed E-state index contributed by atoms with van der Waals surface area (Å²) in [4.78, 5) is 32.7. The maximum Gasteiger partial charge on any atom is 0.277 e. The number of hydrogen-bond donors (Lipinski definition) is 0. The number of aryl methyl sites for hydroxylation is 3. The summed E-state index contributed by atoms with van der Waals surface area (Å²) < 4.78 is 7.25. The van der Waals surface area contributed by atoms with Crippen molar-refractivity contribution in [2.24, 2.45) is 7.05 Å². The smallest absolute Gasteiger partial charge is 0.277 e. The van der Waals surface area contributed by atoms with Crippen LogP contribution in [0, 0.1) is 20.8 Å². The third-order valence-corrected chi connectivity index (χ3v) is 6.85. The van der Waals surface area contributed by atoms with Crippen molar-refractivity contribution in [1.82, 2.24) is 19.7 Å². The first-order chi connectivity index (χ1) is 14.7. The van der Waals surface area contributed by atoms with E-state index in [1.807, 2.05) is 51.1 Å². The molecule has 0 fully saturated rings. The number of benzene rings is 1. The lowest BCUT2D eigenvalue weighted by Gasteiger charge is -2.22. The van der Waals surface area contributed by atoms with Crippen molar-refractivity contribution in [3.05, 3.63) is 68.3 Å². The lowest BCUT2D eigenvalue weighted by Crippen LogP contribution is -2.29. The molecule has 1 aromatic carbocycles. The predicted molar refractivity (Wildman–Crippen MR) is 122 cm³/mol. The highest BCUT2D eigenvalue weighted by molar-refractivity contribution is 7.17. The Hall–Kier alpha value is -3.26. The molecular formula is C23H24N4O3S. The molecule has 0 aliphatic heterocycles. The Labute approximate surface area is 184 Å². The number of hydrogen-bond acceptors (Lipinski definition) is 6. The molecule has 0 radical (unpaired) electrons. The number of fused-ring (bicyclic) bond motifs is 1. The summed E-state index contributed by atoms with van der Waals surface area (Å²) in [7, 11) is 3.37. The highest BCUT2D eigenvalue weighted by atomic mass is 32.1. The second-order valence-electron chi connectivity index (χ2n) is 7.73. The van der Waals surface area contributed by atoms with Gasteiger partial charge in [-0.25, -0.2) is 9.67 Å².